The Kier molecular flexibility index (Phi) is 6.65. The van der Waals surface area contributed by atoms with Gasteiger partial charge < -0.3 is 4.74 Å². The molecule has 0 bridgehead atoms. The van der Waals surface area contributed by atoms with Crippen LogP contribution in [0.5, 0.6) is 0 Å². The Morgan fingerprint density at radius 3 is 2.00 bits per heavy atom. The second-order valence-electron chi connectivity index (χ2n) is 7.95. The predicted molar refractivity (Wildman–Crippen MR) is 114 cm³/mol. The number of nitrogens with zero attached hydrogens (tertiary/aromatic N) is 2. The van der Waals surface area contributed by atoms with Gasteiger partial charge in [0.1, 0.15) is 0 Å². The maximum Gasteiger partial charge on any atom is 0.243 e. The fourth-order valence-corrected chi connectivity index (χ4v) is 6.01. The highest BCUT2D eigenvalue weighted by molar-refractivity contribution is 7.89. The Labute approximate surface area is 174 Å². The summed E-state index contributed by atoms with van der Waals surface area (Å²) < 4.78 is 33.1. The van der Waals surface area contributed by atoms with Crippen molar-refractivity contribution in [3.05, 3.63) is 66.2 Å². The topological polar surface area (TPSA) is 49.9 Å². The first-order chi connectivity index (χ1) is 14.1. The first-order valence-corrected chi connectivity index (χ1v) is 12.0. The van der Waals surface area contributed by atoms with Gasteiger partial charge in [-0.05, 0) is 43.4 Å². The molecule has 0 radical (unpaired) electrons. The van der Waals surface area contributed by atoms with E-state index in [-0.39, 0.29) is 0 Å². The number of sulfonamides is 1. The molecule has 0 aromatic heterocycles. The Morgan fingerprint density at radius 1 is 0.828 bits per heavy atom. The molecule has 0 amide bonds. The fourth-order valence-electron chi connectivity index (χ4n) is 4.52. The van der Waals surface area contributed by atoms with Crippen LogP contribution >= 0.6 is 0 Å². The van der Waals surface area contributed by atoms with Crippen molar-refractivity contribution < 1.29 is 13.2 Å². The monoisotopic (exact) mass is 414 g/mol. The summed E-state index contributed by atoms with van der Waals surface area (Å²) in [5.74, 6) is 0. The first-order valence-electron chi connectivity index (χ1n) is 10.6. The molecule has 2 aliphatic rings. The molecule has 2 aliphatic heterocycles. The zero-order valence-corrected chi connectivity index (χ0v) is 17.6. The van der Waals surface area contributed by atoms with E-state index in [4.69, 9.17) is 4.74 Å². The fraction of sp³-hybridized carbons (Fsp3) is 0.478. The number of hydrogen-bond donors (Lipinski definition) is 0. The number of piperidine rings is 1. The summed E-state index contributed by atoms with van der Waals surface area (Å²) in [5, 5.41) is 0. The molecule has 4 rings (SSSR count). The smallest absolute Gasteiger partial charge is 0.243 e. The van der Waals surface area contributed by atoms with E-state index in [9.17, 15) is 8.42 Å². The van der Waals surface area contributed by atoms with Crippen LogP contribution in [-0.2, 0) is 21.3 Å². The summed E-state index contributed by atoms with van der Waals surface area (Å²) in [6.07, 6.45) is 3.84. The van der Waals surface area contributed by atoms with Gasteiger partial charge in [-0.2, -0.15) is 4.31 Å². The Hall–Kier alpha value is -1.73. The third kappa shape index (κ3) is 4.89. The van der Waals surface area contributed by atoms with E-state index in [1.165, 1.54) is 5.56 Å². The number of rotatable bonds is 6. The summed E-state index contributed by atoms with van der Waals surface area (Å²) in [6.45, 7) is 3.71. The standard InChI is InChI=1S/C23H30N2O3S/c26-29(27,23-9-5-2-6-10-23)24-15-11-21(12-16-24)25(22-13-17-28-18-14-22)19-20-7-3-1-4-8-20/h1-10,21-22H,11-19H2. The molecule has 0 atom stereocenters. The minimum absolute atomic E-state index is 0.393. The van der Waals surface area contributed by atoms with E-state index in [2.05, 4.69) is 35.2 Å². The highest BCUT2D eigenvalue weighted by Crippen LogP contribution is 2.28. The third-order valence-corrected chi connectivity index (χ3v) is 8.05. The molecule has 156 valence electrons. The Balaban J connectivity index is 1.46. The first kappa shape index (κ1) is 20.5. The zero-order valence-electron chi connectivity index (χ0n) is 16.8. The molecule has 2 saturated heterocycles. The summed E-state index contributed by atoms with van der Waals surface area (Å²) in [4.78, 5) is 3.01. The van der Waals surface area contributed by atoms with Crippen LogP contribution < -0.4 is 0 Å². The lowest BCUT2D eigenvalue weighted by Gasteiger charge is -2.43. The lowest BCUT2D eigenvalue weighted by molar-refractivity contribution is 0.00254. The highest BCUT2D eigenvalue weighted by atomic mass is 32.2. The van der Waals surface area contributed by atoms with Gasteiger partial charge >= 0.3 is 0 Å². The van der Waals surface area contributed by atoms with Crippen molar-refractivity contribution in [1.29, 1.82) is 0 Å². The van der Waals surface area contributed by atoms with Gasteiger partial charge in [0.2, 0.25) is 10.0 Å². The van der Waals surface area contributed by atoms with Crippen molar-refractivity contribution >= 4 is 10.0 Å². The molecule has 29 heavy (non-hydrogen) atoms. The lowest BCUT2D eigenvalue weighted by Crippen LogP contribution is -2.51. The molecule has 0 N–H and O–H groups in total. The molecule has 2 aromatic rings. The van der Waals surface area contributed by atoms with Gasteiger partial charge in [-0.3, -0.25) is 4.90 Å². The van der Waals surface area contributed by atoms with Gasteiger partial charge in [0.15, 0.2) is 0 Å². The quantitative estimate of drug-likeness (QED) is 0.726. The van der Waals surface area contributed by atoms with E-state index in [0.29, 0.717) is 30.1 Å². The molecule has 0 unspecified atom stereocenters. The summed E-state index contributed by atoms with van der Waals surface area (Å²) in [5.41, 5.74) is 1.32. The minimum atomic E-state index is -3.40. The van der Waals surface area contributed by atoms with E-state index in [1.807, 2.05) is 6.07 Å². The zero-order chi connectivity index (χ0) is 20.1. The molecule has 0 saturated carbocycles. The normalized spacial score (nSPS) is 20.2. The summed E-state index contributed by atoms with van der Waals surface area (Å²) in [6, 6.07) is 20.3. The van der Waals surface area contributed by atoms with Crippen LogP contribution in [0.1, 0.15) is 31.2 Å². The molecule has 5 nitrogen and oxygen atoms in total. The van der Waals surface area contributed by atoms with Gasteiger partial charge in [-0.15, -0.1) is 0 Å². The van der Waals surface area contributed by atoms with Gasteiger partial charge in [0.25, 0.3) is 0 Å². The van der Waals surface area contributed by atoms with Crippen LogP contribution in [0.25, 0.3) is 0 Å². The second-order valence-corrected chi connectivity index (χ2v) is 9.89. The maximum absolute atomic E-state index is 13.0. The number of ether oxygens (including phenoxy) is 1. The van der Waals surface area contributed by atoms with Crippen LogP contribution in [0.15, 0.2) is 65.6 Å². The average molecular weight is 415 g/mol. The lowest BCUT2D eigenvalue weighted by atomic mass is 9.97. The van der Waals surface area contributed by atoms with E-state index in [1.54, 1.807) is 28.6 Å². The molecule has 2 fully saturated rings. The van der Waals surface area contributed by atoms with Crippen LogP contribution in [0.2, 0.25) is 0 Å². The minimum Gasteiger partial charge on any atom is -0.381 e. The third-order valence-electron chi connectivity index (χ3n) is 6.14. The largest absolute Gasteiger partial charge is 0.381 e. The molecule has 0 spiro atoms. The van der Waals surface area contributed by atoms with Gasteiger partial charge in [0, 0.05) is 44.9 Å². The van der Waals surface area contributed by atoms with Crippen molar-refractivity contribution in [2.24, 2.45) is 0 Å². The van der Waals surface area contributed by atoms with Crippen LogP contribution in [0.4, 0.5) is 0 Å². The summed E-state index contributed by atoms with van der Waals surface area (Å²) >= 11 is 0. The maximum atomic E-state index is 13.0. The highest BCUT2D eigenvalue weighted by Gasteiger charge is 2.34. The van der Waals surface area contributed by atoms with E-state index >= 15 is 0 Å². The molecule has 2 aromatic carbocycles. The van der Waals surface area contributed by atoms with Crippen LogP contribution in [-0.4, -0.2) is 56.0 Å². The van der Waals surface area contributed by atoms with Gasteiger partial charge in [0.05, 0.1) is 4.90 Å². The van der Waals surface area contributed by atoms with Gasteiger partial charge in [-0.1, -0.05) is 48.5 Å². The van der Waals surface area contributed by atoms with E-state index < -0.39 is 10.0 Å². The SMILES string of the molecule is O=S(=O)(c1ccccc1)N1CCC(N(Cc2ccccc2)C2CCOCC2)CC1. The number of hydrogen-bond acceptors (Lipinski definition) is 4. The van der Waals surface area contributed by atoms with E-state index in [0.717, 1.165) is 45.4 Å². The average Bonchev–Trinajstić information content (AvgIpc) is 2.79. The predicted octanol–water partition coefficient (Wildman–Crippen LogP) is 3.52. The molecule has 2 heterocycles. The van der Waals surface area contributed by atoms with Crippen molar-refractivity contribution in [3.63, 3.8) is 0 Å². The van der Waals surface area contributed by atoms with Gasteiger partial charge in [-0.25, -0.2) is 8.42 Å². The van der Waals surface area contributed by atoms with Crippen molar-refractivity contribution in [3.8, 4) is 0 Å². The Bertz CT molecular complexity index is 860. The van der Waals surface area contributed by atoms with Crippen molar-refractivity contribution in [2.75, 3.05) is 26.3 Å². The van der Waals surface area contributed by atoms with Crippen LogP contribution in [0.3, 0.4) is 0 Å². The Morgan fingerprint density at radius 2 is 1.38 bits per heavy atom. The molecule has 6 heteroatoms. The summed E-state index contributed by atoms with van der Waals surface area (Å²) in [7, 11) is -3.40. The molecule has 0 aliphatic carbocycles. The second kappa shape index (κ2) is 9.39. The van der Waals surface area contributed by atoms with Crippen molar-refractivity contribution in [2.45, 2.75) is 49.2 Å². The van der Waals surface area contributed by atoms with Crippen LogP contribution in [0, 0.1) is 0 Å². The van der Waals surface area contributed by atoms with Crippen molar-refractivity contribution in [1.82, 2.24) is 9.21 Å². The number of benzene rings is 2. The molecular weight excluding hydrogens is 384 g/mol. The molecular formula is C23H30N2O3S.